The molecule has 2 aliphatic heterocycles. The molecule has 0 bridgehead atoms. The molecule has 2 heterocycles. The smallest absolute Gasteiger partial charge is 0.410 e. The van der Waals surface area contributed by atoms with E-state index in [4.69, 9.17) is 16.3 Å². The molecule has 0 aromatic heterocycles. The summed E-state index contributed by atoms with van der Waals surface area (Å²) in [6.45, 7) is 9.37. The zero-order valence-electron chi connectivity index (χ0n) is 20.7. The number of amides is 2. The molecule has 2 aliphatic rings. The molecule has 0 unspecified atom stereocenters. The number of halogens is 1. The van der Waals surface area contributed by atoms with Crippen LogP contribution in [0.3, 0.4) is 0 Å². The number of nitrogens with one attached hydrogen (secondary N) is 1. The highest BCUT2D eigenvalue weighted by Gasteiger charge is 2.44. The van der Waals surface area contributed by atoms with E-state index >= 15 is 0 Å². The molecule has 182 valence electrons. The van der Waals surface area contributed by atoms with E-state index in [1.165, 1.54) is 0 Å². The quantitative estimate of drug-likeness (QED) is 0.616. The summed E-state index contributed by atoms with van der Waals surface area (Å²) in [5, 5.41) is 4.40. The second-order valence-electron chi connectivity index (χ2n) is 10.5. The Morgan fingerprint density at radius 3 is 2.68 bits per heavy atom. The van der Waals surface area contributed by atoms with Gasteiger partial charge in [-0.3, -0.25) is 4.79 Å². The average Bonchev–Trinajstić information content (AvgIpc) is 3.14. The third kappa shape index (κ3) is 4.88. The highest BCUT2D eigenvalue weighted by molar-refractivity contribution is 6.31. The van der Waals surface area contributed by atoms with Crippen LogP contribution in [-0.4, -0.2) is 54.1 Å². The van der Waals surface area contributed by atoms with Gasteiger partial charge in [-0.1, -0.05) is 29.8 Å². The maximum absolute atomic E-state index is 13.0. The molecule has 1 N–H and O–H groups in total. The Bertz CT molecular complexity index is 1110. The number of rotatable bonds is 3. The van der Waals surface area contributed by atoms with E-state index in [9.17, 15) is 9.59 Å². The van der Waals surface area contributed by atoms with Gasteiger partial charge in [0, 0.05) is 36.4 Å². The van der Waals surface area contributed by atoms with Gasteiger partial charge in [0.15, 0.2) is 0 Å². The van der Waals surface area contributed by atoms with Crippen molar-refractivity contribution in [3.63, 3.8) is 0 Å². The van der Waals surface area contributed by atoms with E-state index in [1.54, 1.807) is 9.80 Å². The lowest BCUT2D eigenvalue weighted by Gasteiger charge is -2.34. The number of carbonyl (C=O) groups is 2. The molecule has 1 saturated heterocycles. The minimum atomic E-state index is -0.564. The number of likely N-dealkylation sites (tertiary alicyclic amines) is 1. The lowest BCUT2D eigenvalue weighted by molar-refractivity contribution is 0.0286. The fraction of sp³-hybridized carbons (Fsp3) is 0.481. The van der Waals surface area contributed by atoms with Crippen LogP contribution in [0.2, 0.25) is 5.02 Å². The first-order chi connectivity index (χ1) is 16.0. The van der Waals surface area contributed by atoms with Crippen LogP contribution in [0, 0.1) is 6.92 Å². The van der Waals surface area contributed by atoms with Crippen molar-refractivity contribution in [3.8, 4) is 0 Å². The van der Waals surface area contributed by atoms with Crippen molar-refractivity contribution < 1.29 is 14.3 Å². The molecule has 4 rings (SSSR count). The number of fused-ring (bicyclic) bond motifs is 1. The summed E-state index contributed by atoms with van der Waals surface area (Å²) in [6.07, 6.45) is 2.21. The second-order valence-corrected chi connectivity index (χ2v) is 10.9. The summed E-state index contributed by atoms with van der Waals surface area (Å²) in [4.78, 5) is 29.4. The predicted molar refractivity (Wildman–Crippen MR) is 136 cm³/mol. The van der Waals surface area contributed by atoms with Crippen LogP contribution >= 0.6 is 11.6 Å². The van der Waals surface area contributed by atoms with Gasteiger partial charge in [-0.2, -0.15) is 0 Å². The number of anilines is 1. The van der Waals surface area contributed by atoms with Crippen LogP contribution in [0.4, 0.5) is 10.5 Å². The van der Waals surface area contributed by atoms with Crippen molar-refractivity contribution in [2.24, 2.45) is 0 Å². The monoisotopic (exact) mass is 483 g/mol. The molecule has 0 radical (unpaired) electrons. The first-order valence-corrected chi connectivity index (χ1v) is 12.3. The summed E-state index contributed by atoms with van der Waals surface area (Å²) in [6, 6.07) is 11.9. The normalized spacial score (nSPS) is 20.7. The summed E-state index contributed by atoms with van der Waals surface area (Å²) in [5.41, 5.74) is 3.58. The molecule has 7 heteroatoms. The van der Waals surface area contributed by atoms with Gasteiger partial charge in [-0.15, -0.1) is 0 Å². The zero-order valence-corrected chi connectivity index (χ0v) is 21.5. The molecule has 1 fully saturated rings. The van der Waals surface area contributed by atoms with Gasteiger partial charge in [0.1, 0.15) is 5.60 Å². The molecule has 2 aromatic carbocycles. The van der Waals surface area contributed by atoms with Gasteiger partial charge >= 0.3 is 6.09 Å². The molecule has 0 aliphatic carbocycles. The predicted octanol–water partition coefficient (Wildman–Crippen LogP) is 5.61. The Morgan fingerprint density at radius 2 is 1.94 bits per heavy atom. The minimum absolute atomic E-state index is 0.0472. The standard InChI is InChI=1S/C27H34ClN3O3/c1-18-22(9-6-10-23(18)28)27(13-15-31(17-27)25(33)34-26(2,3)4)29-20-12-11-19-8-7-14-30(5)24(32)21(19)16-20/h6,9-12,16,29H,7-8,13-15,17H2,1-5H3/t27-/m0/s1. The molecular formula is C27H34ClN3O3. The van der Waals surface area contributed by atoms with E-state index in [1.807, 2.05) is 65.1 Å². The summed E-state index contributed by atoms with van der Waals surface area (Å²) >= 11 is 6.51. The third-order valence-corrected chi connectivity index (χ3v) is 7.12. The maximum atomic E-state index is 13.0. The van der Waals surface area contributed by atoms with Gasteiger partial charge in [-0.05, 0) is 81.8 Å². The number of hydrogen-bond donors (Lipinski definition) is 1. The summed E-state index contributed by atoms with van der Waals surface area (Å²) in [5.74, 6) is 0.0472. The summed E-state index contributed by atoms with van der Waals surface area (Å²) in [7, 11) is 1.85. The van der Waals surface area contributed by atoms with Crippen molar-refractivity contribution in [1.29, 1.82) is 0 Å². The van der Waals surface area contributed by atoms with Gasteiger partial charge in [-0.25, -0.2) is 4.79 Å². The lowest BCUT2D eigenvalue weighted by atomic mass is 9.85. The number of nitrogens with zero attached hydrogens (tertiary/aromatic N) is 2. The van der Waals surface area contributed by atoms with E-state index in [-0.39, 0.29) is 12.0 Å². The second kappa shape index (κ2) is 9.14. The highest BCUT2D eigenvalue weighted by Crippen LogP contribution is 2.40. The number of benzene rings is 2. The van der Waals surface area contributed by atoms with Gasteiger partial charge in [0.05, 0.1) is 12.1 Å². The molecule has 34 heavy (non-hydrogen) atoms. The van der Waals surface area contributed by atoms with Crippen LogP contribution < -0.4 is 5.32 Å². The van der Waals surface area contributed by atoms with Gasteiger partial charge in [0.25, 0.3) is 5.91 Å². The highest BCUT2D eigenvalue weighted by atomic mass is 35.5. The first kappa shape index (κ1) is 24.4. The van der Waals surface area contributed by atoms with E-state index < -0.39 is 11.1 Å². The summed E-state index contributed by atoms with van der Waals surface area (Å²) < 4.78 is 5.65. The van der Waals surface area contributed by atoms with Gasteiger partial charge < -0.3 is 19.9 Å². The van der Waals surface area contributed by atoms with Crippen LogP contribution in [0.1, 0.15) is 60.7 Å². The van der Waals surface area contributed by atoms with Crippen molar-refractivity contribution in [2.75, 3.05) is 32.0 Å². The maximum Gasteiger partial charge on any atom is 0.410 e. The van der Waals surface area contributed by atoms with Crippen LogP contribution in [0.15, 0.2) is 36.4 Å². The van der Waals surface area contributed by atoms with Crippen LogP contribution in [-0.2, 0) is 16.7 Å². The fourth-order valence-corrected chi connectivity index (χ4v) is 5.14. The molecular weight excluding hydrogens is 450 g/mol. The molecule has 1 atom stereocenters. The average molecular weight is 484 g/mol. The van der Waals surface area contributed by atoms with Crippen molar-refractivity contribution in [2.45, 2.75) is 58.1 Å². The largest absolute Gasteiger partial charge is 0.444 e. The Hall–Kier alpha value is -2.73. The van der Waals surface area contributed by atoms with E-state index in [0.717, 1.165) is 47.3 Å². The fourth-order valence-electron chi connectivity index (χ4n) is 4.97. The van der Waals surface area contributed by atoms with E-state index in [2.05, 4.69) is 11.4 Å². The molecule has 2 aromatic rings. The van der Waals surface area contributed by atoms with Gasteiger partial charge in [0.2, 0.25) is 0 Å². The number of carbonyl (C=O) groups excluding carboxylic acids is 2. The van der Waals surface area contributed by atoms with Crippen molar-refractivity contribution in [1.82, 2.24) is 9.80 Å². The van der Waals surface area contributed by atoms with Crippen LogP contribution in [0.5, 0.6) is 0 Å². The Morgan fingerprint density at radius 1 is 1.18 bits per heavy atom. The third-order valence-electron chi connectivity index (χ3n) is 6.71. The first-order valence-electron chi connectivity index (χ1n) is 11.9. The molecule has 2 amide bonds. The molecule has 6 nitrogen and oxygen atoms in total. The SMILES string of the molecule is Cc1c(Cl)cccc1[C@]1(Nc2ccc3c(c2)C(=O)N(C)CCC3)CCN(C(=O)OC(C)(C)C)C1. The molecule has 0 saturated carbocycles. The van der Waals surface area contributed by atoms with Crippen molar-refractivity contribution in [3.05, 3.63) is 63.7 Å². The van der Waals surface area contributed by atoms with Crippen molar-refractivity contribution >= 4 is 29.3 Å². The zero-order chi connectivity index (χ0) is 24.7. The number of hydrogen-bond acceptors (Lipinski definition) is 4. The Labute approximate surface area is 207 Å². The topological polar surface area (TPSA) is 61.9 Å². The number of aryl methyl sites for hydroxylation is 1. The Kier molecular flexibility index (Phi) is 6.56. The molecule has 0 spiro atoms. The lowest BCUT2D eigenvalue weighted by Crippen LogP contribution is -2.42. The Balaban J connectivity index is 1.71. The number of ether oxygens (including phenoxy) is 1. The van der Waals surface area contributed by atoms with E-state index in [0.29, 0.717) is 24.5 Å². The van der Waals surface area contributed by atoms with Crippen LogP contribution in [0.25, 0.3) is 0 Å². The minimum Gasteiger partial charge on any atom is -0.444 e.